The lowest BCUT2D eigenvalue weighted by Gasteiger charge is -2.20. The van der Waals surface area contributed by atoms with Crippen LogP contribution in [0.15, 0.2) is 0 Å². The summed E-state index contributed by atoms with van der Waals surface area (Å²) in [6.45, 7) is 4.15. The van der Waals surface area contributed by atoms with Gasteiger partial charge in [-0.15, -0.1) is 0 Å². The van der Waals surface area contributed by atoms with E-state index in [-0.39, 0.29) is 38.0 Å². The van der Waals surface area contributed by atoms with Crippen LogP contribution in [0.1, 0.15) is 40.0 Å². The highest BCUT2D eigenvalue weighted by Gasteiger charge is 2.23. The average Bonchev–Trinajstić information content (AvgIpc) is 2.71. The van der Waals surface area contributed by atoms with E-state index in [1.807, 2.05) is 13.8 Å². The molecule has 9 N–H and O–H groups in total. The zero-order chi connectivity index (χ0) is 24.7. The minimum Gasteiger partial charge on any atom is -0.370 e. The summed E-state index contributed by atoms with van der Waals surface area (Å²) < 4.78 is 0. The Morgan fingerprint density at radius 1 is 0.750 bits per heavy atom. The molecule has 0 aliphatic rings. The van der Waals surface area contributed by atoms with Gasteiger partial charge in [-0.2, -0.15) is 0 Å². The zero-order valence-corrected chi connectivity index (χ0v) is 18.8. The summed E-state index contributed by atoms with van der Waals surface area (Å²) in [6, 6.07) is -1.20. The second kappa shape index (κ2) is 15.6. The van der Waals surface area contributed by atoms with Crippen molar-refractivity contribution >= 4 is 35.4 Å². The number of rotatable bonds is 15. The third kappa shape index (κ3) is 14.7. The molecule has 13 heteroatoms. The fraction of sp³-hybridized carbons (Fsp3) is 0.684. The number of hydrogen-bond acceptors (Lipinski definition) is 7. The van der Waals surface area contributed by atoms with E-state index >= 15 is 0 Å². The smallest absolute Gasteiger partial charge is 0.243 e. The second-order valence-corrected chi connectivity index (χ2v) is 7.70. The summed E-state index contributed by atoms with van der Waals surface area (Å²) >= 11 is 0. The van der Waals surface area contributed by atoms with Gasteiger partial charge in [0.25, 0.3) is 0 Å². The van der Waals surface area contributed by atoms with Gasteiger partial charge in [0.1, 0.15) is 6.04 Å². The maximum absolute atomic E-state index is 12.5. The van der Waals surface area contributed by atoms with Crippen molar-refractivity contribution in [2.24, 2.45) is 17.4 Å². The van der Waals surface area contributed by atoms with E-state index in [1.54, 1.807) is 6.92 Å². The first-order valence-corrected chi connectivity index (χ1v) is 10.3. The van der Waals surface area contributed by atoms with Crippen LogP contribution < -0.4 is 38.1 Å². The SMILES string of the molecule is CC(C)CC(NC(=O)CNC(=O)CNC(=O)CN)C(=O)NCC(=O)N[C@H](C)CCC(N)=O. The summed E-state index contributed by atoms with van der Waals surface area (Å²) in [4.78, 5) is 70.0. The van der Waals surface area contributed by atoms with Gasteiger partial charge in [0, 0.05) is 12.5 Å². The molecule has 6 amide bonds. The Bertz CT molecular complexity index is 683. The molecule has 0 radical (unpaired) electrons. The van der Waals surface area contributed by atoms with Gasteiger partial charge < -0.3 is 38.1 Å². The maximum atomic E-state index is 12.5. The minimum absolute atomic E-state index is 0.0646. The molecule has 0 aromatic heterocycles. The first kappa shape index (κ1) is 28.8. The Hall–Kier alpha value is -3.22. The van der Waals surface area contributed by atoms with Crippen molar-refractivity contribution < 1.29 is 28.8 Å². The van der Waals surface area contributed by atoms with Gasteiger partial charge in [-0.3, -0.25) is 28.8 Å². The molecule has 0 saturated heterocycles. The summed E-state index contributed by atoms with van der Waals surface area (Å²) in [5, 5.41) is 12.2. The molecule has 32 heavy (non-hydrogen) atoms. The summed E-state index contributed by atoms with van der Waals surface area (Å²) in [5.41, 5.74) is 10.2. The fourth-order valence-electron chi connectivity index (χ4n) is 2.49. The third-order valence-electron chi connectivity index (χ3n) is 4.09. The maximum Gasteiger partial charge on any atom is 0.243 e. The van der Waals surface area contributed by atoms with Gasteiger partial charge >= 0.3 is 0 Å². The van der Waals surface area contributed by atoms with E-state index in [4.69, 9.17) is 11.5 Å². The Kier molecular flexibility index (Phi) is 14.0. The lowest BCUT2D eigenvalue weighted by molar-refractivity contribution is -0.131. The zero-order valence-electron chi connectivity index (χ0n) is 18.8. The van der Waals surface area contributed by atoms with Gasteiger partial charge in [0.05, 0.1) is 26.2 Å². The predicted octanol–water partition coefficient (Wildman–Crippen LogP) is -3.41. The molecule has 0 heterocycles. The summed E-state index contributed by atoms with van der Waals surface area (Å²) in [5.74, 6) is -3.10. The number of carbonyl (C=O) groups is 6. The van der Waals surface area contributed by atoms with Crippen LogP contribution in [0.2, 0.25) is 0 Å². The number of primary amides is 1. The minimum atomic E-state index is -0.906. The number of amides is 6. The van der Waals surface area contributed by atoms with Gasteiger partial charge in [0.15, 0.2) is 0 Å². The van der Waals surface area contributed by atoms with E-state index in [9.17, 15) is 28.8 Å². The lowest BCUT2D eigenvalue weighted by atomic mass is 10.0. The van der Waals surface area contributed by atoms with Gasteiger partial charge in [-0.1, -0.05) is 13.8 Å². The molecule has 0 saturated carbocycles. The highest BCUT2D eigenvalue weighted by atomic mass is 16.2. The van der Waals surface area contributed by atoms with E-state index < -0.39 is 48.0 Å². The number of carbonyl (C=O) groups excluding carboxylic acids is 6. The van der Waals surface area contributed by atoms with Crippen LogP contribution in [0, 0.1) is 5.92 Å². The van der Waals surface area contributed by atoms with E-state index in [0.29, 0.717) is 12.8 Å². The van der Waals surface area contributed by atoms with Crippen LogP contribution in [-0.2, 0) is 28.8 Å². The number of hydrogen-bond donors (Lipinski definition) is 7. The molecular weight excluding hydrogens is 422 g/mol. The molecular formula is C19H35N7O6. The van der Waals surface area contributed by atoms with Crippen LogP contribution in [-0.4, -0.2) is 73.7 Å². The molecule has 0 rings (SSSR count). The molecule has 0 aromatic carbocycles. The molecule has 0 spiro atoms. The lowest BCUT2D eigenvalue weighted by Crippen LogP contribution is -2.52. The molecule has 182 valence electrons. The largest absolute Gasteiger partial charge is 0.370 e. The van der Waals surface area contributed by atoms with Crippen LogP contribution in [0.5, 0.6) is 0 Å². The Labute approximate surface area is 187 Å². The van der Waals surface area contributed by atoms with Crippen LogP contribution in [0.25, 0.3) is 0 Å². The van der Waals surface area contributed by atoms with Crippen molar-refractivity contribution in [3.8, 4) is 0 Å². The molecule has 0 bridgehead atoms. The summed E-state index contributed by atoms with van der Waals surface area (Å²) in [7, 11) is 0. The van der Waals surface area contributed by atoms with Crippen LogP contribution in [0.3, 0.4) is 0 Å². The monoisotopic (exact) mass is 457 g/mol. The standard InChI is InChI=1S/C19H35N7O6/c1-11(2)6-13(26-18(31)9-23-16(29)8-22-15(28)7-20)19(32)24-10-17(30)25-12(3)4-5-14(21)27/h11-13H,4-10,20H2,1-3H3,(H2,21,27)(H,22,28)(H,23,29)(H,24,32)(H,25,30)(H,26,31)/t12-,13?/m1/s1. The molecule has 0 aliphatic carbocycles. The molecule has 1 unspecified atom stereocenters. The van der Waals surface area contributed by atoms with E-state index in [2.05, 4.69) is 26.6 Å². The predicted molar refractivity (Wildman–Crippen MR) is 116 cm³/mol. The van der Waals surface area contributed by atoms with Crippen molar-refractivity contribution in [1.82, 2.24) is 26.6 Å². The quantitative estimate of drug-likeness (QED) is 0.132. The van der Waals surface area contributed by atoms with Crippen LogP contribution in [0.4, 0.5) is 0 Å². The average molecular weight is 458 g/mol. The van der Waals surface area contributed by atoms with Crippen molar-refractivity contribution in [2.75, 3.05) is 26.2 Å². The topological polar surface area (TPSA) is 215 Å². The molecule has 0 aromatic rings. The molecule has 0 fully saturated rings. The summed E-state index contributed by atoms with van der Waals surface area (Å²) in [6.07, 6.45) is 0.823. The van der Waals surface area contributed by atoms with Crippen LogP contribution >= 0.6 is 0 Å². The highest BCUT2D eigenvalue weighted by Crippen LogP contribution is 2.05. The van der Waals surface area contributed by atoms with Crippen molar-refractivity contribution in [1.29, 1.82) is 0 Å². The van der Waals surface area contributed by atoms with Gasteiger partial charge in [-0.25, -0.2) is 0 Å². The van der Waals surface area contributed by atoms with Crippen molar-refractivity contribution in [3.63, 3.8) is 0 Å². The second-order valence-electron chi connectivity index (χ2n) is 7.70. The third-order valence-corrected chi connectivity index (χ3v) is 4.09. The molecule has 0 aliphatic heterocycles. The first-order chi connectivity index (χ1) is 14.9. The molecule has 13 nitrogen and oxygen atoms in total. The van der Waals surface area contributed by atoms with Gasteiger partial charge in [-0.05, 0) is 25.7 Å². The van der Waals surface area contributed by atoms with Crippen molar-refractivity contribution in [2.45, 2.75) is 52.1 Å². The van der Waals surface area contributed by atoms with E-state index in [0.717, 1.165) is 0 Å². The van der Waals surface area contributed by atoms with Crippen molar-refractivity contribution in [3.05, 3.63) is 0 Å². The Morgan fingerprint density at radius 2 is 1.28 bits per heavy atom. The van der Waals surface area contributed by atoms with E-state index in [1.165, 1.54) is 0 Å². The first-order valence-electron chi connectivity index (χ1n) is 10.3. The fourth-order valence-corrected chi connectivity index (χ4v) is 2.49. The Morgan fingerprint density at radius 3 is 1.84 bits per heavy atom. The number of nitrogens with two attached hydrogens (primary N) is 2. The molecule has 2 atom stereocenters. The Balaban J connectivity index is 4.54. The highest BCUT2D eigenvalue weighted by molar-refractivity contribution is 5.92. The normalized spacial score (nSPS) is 12.3. The number of nitrogens with one attached hydrogen (secondary N) is 5. The van der Waals surface area contributed by atoms with Gasteiger partial charge in [0.2, 0.25) is 35.4 Å².